The van der Waals surface area contributed by atoms with Crippen LogP contribution in [0.25, 0.3) is 16.8 Å². The molecule has 1 heterocycles. The SMILES string of the molecule is Cn1cc[n+](-c2cccc3c2Cc2ccccc2-3)c1.F[B-](F)(F)F. The average Bonchev–Trinajstić information content (AvgIpc) is 3.08. The lowest BCUT2D eigenvalue weighted by molar-refractivity contribution is -0.595. The van der Waals surface area contributed by atoms with Crippen LogP contribution in [0.1, 0.15) is 11.1 Å². The van der Waals surface area contributed by atoms with E-state index in [1.54, 1.807) is 0 Å². The lowest BCUT2D eigenvalue weighted by Gasteiger charge is -2.04. The van der Waals surface area contributed by atoms with Crippen LogP contribution in [0.2, 0.25) is 0 Å². The summed E-state index contributed by atoms with van der Waals surface area (Å²) in [5, 5.41) is 0. The van der Waals surface area contributed by atoms with E-state index in [-0.39, 0.29) is 0 Å². The Bertz CT molecular complexity index is 865. The molecule has 0 saturated carbocycles. The lowest BCUT2D eigenvalue weighted by Crippen LogP contribution is -2.29. The molecule has 2 aromatic carbocycles. The summed E-state index contributed by atoms with van der Waals surface area (Å²) in [6, 6.07) is 15.3. The highest BCUT2D eigenvalue weighted by Crippen LogP contribution is 2.37. The van der Waals surface area contributed by atoms with Crippen molar-refractivity contribution in [2.45, 2.75) is 6.42 Å². The van der Waals surface area contributed by atoms with Gasteiger partial charge in [-0.2, -0.15) is 0 Å². The monoisotopic (exact) mass is 334 g/mol. The normalized spacial score (nSPS) is 12.2. The van der Waals surface area contributed by atoms with Gasteiger partial charge >= 0.3 is 7.25 Å². The van der Waals surface area contributed by atoms with E-state index in [4.69, 9.17) is 0 Å². The van der Waals surface area contributed by atoms with E-state index in [2.05, 4.69) is 77.4 Å². The molecule has 24 heavy (non-hydrogen) atoms. The van der Waals surface area contributed by atoms with Crippen LogP contribution in [0.4, 0.5) is 17.3 Å². The molecule has 0 bridgehead atoms. The Morgan fingerprint density at radius 3 is 2.29 bits per heavy atom. The summed E-state index contributed by atoms with van der Waals surface area (Å²) in [6.45, 7) is 0. The first-order valence-corrected chi connectivity index (χ1v) is 7.44. The van der Waals surface area contributed by atoms with Crippen molar-refractivity contribution in [3.05, 3.63) is 72.3 Å². The van der Waals surface area contributed by atoms with E-state index in [1.165, 1.54) is 27.9 Å². The van der Waals surface area contributed by atoms with Crippen LogP contribution < -0.4 is 4.57 Å². The maximum Gasteiger partial charge on any atom is 0.673 e. The van der Waals surface area contributed by atoms with Crippen molar-refractivity contribution >= 4 is 7.25 Å². The quantitative estimate of drug-likeness (QED) is 0.281. The van der Waals surface area contributed by atoms with Crippen LogP contribution in [0.3, 0.4) is 0 Å². The number of aromatic nitrogens is 2. The largest absolute Gasteiger partial charge is 0.673 e. The van der Waals surface area contributed by atoms with Gasteiger partial charge in [0.2, 0.25) is 6.33 Å². The molecule has 7 heteroatoms. The number of fused-ring (bicyclic) bond motifs is 3. The summed E-state index contributed by atoms with van der Waals surface area (Å²) in [4.78, 5) is 0. The zero-order chi connectivity index (χ0) is 17.3. The average molecular weight is 334 g/mol. The molecular weight excluding hydrogens is 319 g/mol. The second-order valence-corrected chi connectivity index (χ2v) is 5.62. The maximum absolute atomic E-state index is 9.75. The van der Waals surface area contributed by atoms with Gasteiger partial charge in [-0.3, -0.25) is 0 Å². The molecule has 1 aliphatic rings. The zero-order valence-electron chi connectivity index (χ0n) is 13.0. The summed E-state index contributed by atoms with van der Waals surface area (Å²) < 4.78 is 43.3. The fourth-order valence-corrected chi connectivity index (χ4v) is 2.98. The molecule has 1 aromatic heterocycles. The molecule has 0 spiro atoms. The third-order valence-electron chi connectivity index (χ3n) is 3.87. The van der Waals surface area contributed by atoms with Crippen molar-refractivity contribution in [3.8, 4) is 16.8 Å². The first kappa shape index (κ1) is 16.3. The van der Waals surface area contributed by atoms with Crippen molar-refractivity contribution in [3.63, 3.8) is 0 Å². The van der Waals surface area contributed by atoms with E-state index in [9.17, 15) is 17.3 Å². The molecule has 0 radical (unpaired) electrons. The molecule has 1 aliphatic carbocycles. The molecule has 0 fully saturated rings. The summed E-state index contributed by atoms with van der Waals surface area (Å²) in [7, 11) is -3.95. The highest BCUT2D eigenvalue weighted by atomic mass is 19.5. The molecule has 0 N–H and O–H groups in total. The van der Waals surface area contributed by atoms with Gasteiger partial charge in [-0.25, -0.2) is 9.13 Å². The minimum Gasteiger partial charge on any atom is -0.418 e. The van der Waals surface area contributed by atoms with E-state index in [0.717, 1.165) is 6.42 Å². The molecule has 3 aromatic rings. The third kappa shape index (κ3) is 3.50. The summed E-state index contributed by atoms with van der Waals surface area (Å²) in [6.07, 6.45) is 7.32. The minimum atomic E-state index is -6.00. The summed E-state index contributed by atoms with van der Waals surface area (Å²) in [5.41, 5.74) is 6.91. The van der Waals surface area contributed by atoms with Gasteiger partial charge in [0.05, 0.1) is 7.05 Å². The second-order valence-electron chi connectivity index (χ2n) is 5.62. The smallest absolute Gasteiger partial charge is 0.418 e. The van der Waals surface area contributed by atoms with Gasteiger partial charge in [0.1, 0.15) is 18.1 Å². The van der Waals surface area contributed by atoms with Crippen LogP contribution in [-0.2, 0) is 13.5 Å². The van der Waals surface area contributed by atoms with Crippen LogP contribution >= 0.6 is 0 Å². The molecule has 2 nitrogen and oxygen atoms in total. The Balaban J connectivity index is 0.000000300. The van der Waals surface area contributed by atoms with E-state index >= 15 is 0 Å². The first-order chi connectivity index (χ1) is 11.3. The standard InChI is InChI=1S/C17H15N2.BF4/c1-18-9-10-19(12-18)17-8-4-7-15-14-6-3-2-5-13(14)11-16(15)17;2-1(3,4)5/h2-10,12H,11H2,1H3;/q+1;-1. The van der Waals surface area contributed by atoms with Gasteiger partial charge in [0.15, 0.2) is 0 Å². The Morgan fingerprint density at radius 1 is 0.958 bits per heavy atom. The van der Waals surface area contributed by atoms with Crippen molar-refractivity contribution in [2.24, 2.45) is 7.05 Å². The number of nitrogens with zero attached hydrogens (tertiary/aromatic N) is 2. The van der Waals surface area contributed by atoms with Crippen LogP contribution in [0.5, 0.6) is 0 Å². The van der Waals surface area contributed by atoms with E-state index in [0.29, 0.717) is 0 Å². The minimum absolute atomic E-state index is 1.03. The molecule has 4 rings (SSSR count). The number of benzene rings is 2. The number of hydrogen-bond donors (Lipinski definition) is 0. The topological polar surface area (TPSA) is 8.81 Å². The van der Waals surface area contributed by atoms with Gasteiger partial charge < -0.3 is 17.3 Å². The fourth-order valence-electron chi connectivity index (χ4n) is 2.98. The van der Waals surface area contributed by atoms with Crippen LogP contribution in [0.15, 0.2) is 61.2 Å². The Kier molecular flexibility index (Phi) is 4.17. The van der Waals surface area contributed by atoms with Gasteiger partial charge in [0.25, 0.3) is 0 Å². The van der Waals surface area contributed by atoms with E-state index < -0.39 is 7.25 Å². The number of hydrogen-bond acceptors (Lipinski definition) is 0. The Labute approximate surface area is 137 Å². The molecule has 0 aliphatic heterocycles. The van der Waals surface area contributed by atoms with Crippen LogP contribution in [0, 0.1) is 0 Å². The highest BCUT2D eigenvalue weighted by molar-refractivity contribution is 6.50. The fraction of sp³-hybridized carbons (Fsp3) is 0.118. The van der Waals surface area contributed by atoms with Gasteiger partial charge in [0, 0.05) is 12.0 Å². The van der Waals surface area contributed by atoms with Crippen molar-refractivity contribution in [1.82, 2.24) is 4.57 Å². The van der Waals surface area contributed by atoms with Crippen molar-refractivity contribution in [1.29, 1.82) is 0 Å². The highest BCUT2D eigenvalue weighted by Gasteiger charge is 2.23. The molecule has 0 amide bonds. The third-order valence-corrected chi connectivity index (χ3v) is 3.87. The summed E-state index contributed by atoms with van der Waals surface area (Å²) in [5.74, 6) is 0. The Hall–Kier alpha value is -2.57. The van der Waals surface area contributed by atoms with Crippen LogP contribution in [-0.4, -0.2) is 11.8 Å². The van der Waals surface area contributed by atoms with Crippen molar-refractivity contribution in [2.75, 3.05) is 0 Å². The maximum atomic E-state index is 9.75. The molecule has 0 atom stereocenters. The second kappa shape index (κ2) is 6.15. The molecule has 124 valence electrons. The molecule has 0 saturated heterocycles. The molecular formula is C17H15BF4N2. The van der Waals surface area contributed by atoms with Crippen molar-refractivity contribution < 1.29 is 21.8 Å². The lowest BCUT2D eigenvalue weighted by atomic mass is 10.1. The zero-order valence-corrected chi connectivity index (χ0v) is 13.0. The summed E-state index contributed by atoms with van der Waals surface area (Å²) >= 11 is 0. The predicted octanol–water partition coefficient (Wildman–Crippen LogP) is 4.17. The van der Waals surface area contributed by atoms with E-state index in [1.807, 2.05) is 0 Å². The van der Waals surface area contributed by atoms with Gasteiger partial charge in [-0.05, 0) is 22.8 Å². The first-order valence-electron chi connectivity index (χ1n) is 7.44. The Morgan fingerprint density at radius 2 is 1.62 bits per heavy atom. The number of imidazole rings is 1. The number of halogens is 4. The van der Waals surface area contributed by atoms with Gasteiger partial charge in [-0.15, -0.1) is 0 Å². The number of aryl methyl sites for hydroxylation is 1. The van der Waals surface area contributed by atoms with Gasteiger partial charge in [-0.1, -0.05) is 36.4 Å². The predicted molar refractivity (Wildman–Crippen MR) is 85.4 cm³/mol. The number of rotatable bonds is 1. The molecule has 0 unspecified atom stereocenters.